The van der Waals surface area contributed by atoms with E-state index in [0.29, 0.717) is 6.07 Å². The van der Waals surface area contributed by atoms with Crippen molar-refractivity contribution in [2.24, 2.45) is 0 Å². The molecule has 0 saturated carbocycles. The number of hydrogen-bond acceptors (Lipinski definition) is 4. The van der Waals surface area contributed by atoms with Crippen LogP contribution < -0.4 is 0 Å². The third kappa shape index (κ3) is 3.01. The highest BCUT2D eigenvalue weighted by atomic mass is 19.4. The van der Waals surface area contributed by atoms with Crippen LogP contribution in [0.25, 0.3) is 0 Å². The Balaban J connectivity index is 2.24. The molecule has 0 atom stereocenters. The molecule has 0 spiro atoms. The van der Waals surface area contributed by atoms with Crippen molar-refractivity contribution in [3.63, 3.8) is 0 Å². The molecule has 5 nitrogen and oxygen atoms in total. The molecule has 0 bridgehead atoms. The van der Waals surface area contributed by atoms with Gasteiger partial charge in [-0.15, -0.1) is 5.06 Å². The highest BCUT2D eigenvalue weighted by molar-refractivity contribution is 6.02. The number of hydroxylamine groups is 2. The lowest BCUT2D eigenvalue weighted by Gasteiger charge is -2.13. The Bertz CT molecular complexity index is 610. The van der Waals surface area contributed by atoms with Crippen LogP contribution in [0.1, 0.15) is 28.8 Å². The van der Waals surface area contributed by atoms with Crippen molar-refractivity contribution < 1.29 is 36.8 Å². The molecule has 0 radical (unpaired) electrons. The van der Waals surface area contributed by atoms with E-state index in [9.17, 15) is 31.9 Å². The molecule has 1 aliphatic rings. The van der Waals surface area contributed by atoms with E-state index in [1.807, 2.05) is 0 Å². The molecule has 1 aromatic rings. The Labute approximate surface area is 115 Å². The molecule has 0 aromatic heterocycles. The van der Waals surface area contributed by atoms with E-state index in [-0.39, 0.29) is 24.0 Å². The molecule has 0 aliphatic carbocycles. The number of imide groups is 1. The molecule has 0 unspecified atom stereocenters. The maximum atomic E-state index is 13.1. The number of nitrogens with zero attached hydrogens (tertiary/aromatic N) is 1. The average Bonchev–Trinajstić information content (AvgIpc) is 2.69. The van der Waals surface area contributed by atoms with Gasteiger partial charge in [0.25, 0.3) is 11.8 Å². The molecule has 1 fully saturated rings. The Morgan fingerprint density at radius 1 is 1.14 bits per heavy atom. The normalized spacial score (nSPS) is 15.5. The number of carbonyl (C=O) groups is 3. The SMILES string of the molecule is O=C(ON1C(=O)CCC1=O)c1ccc(F)c(C(F)(F)F)c1. The van der Waals surface area contributed by atoms with Gasteiger partial charge in [0, 0.05) is 12.8 Å². The number of halogens is 4. The summed E-state index contributed by atoms with van der Waals surface area (Å²) in [6, 6.07) is 1.47. The summed E-state index contributed by atoms with van der Waals surface area (Å²) in [7, 11) is 0. The summed E-state index contributed by atoms with van der Waals surface area (Å²) in [5.41, 5.74) is -2.27. The number of alkyl halides is 3. The molecule has 2 amide bonds. The van der Waals surface area contributed by atoms with Crippen molar-refractivity contribution >= 4 is 17.8 Å². The molecule has 112 valence electrons. The van der Waals surface area contributed by atoms with Gasteiger partial charge < -0.3 is 4.84 Å². The van der Waals surface area contributed by atoms with Crippen molar-refractivity contribution in [3.8, 4) is 0 Å². The minimum absolute atomic E-state index is 0.149. The lowest BCUT2D eigenvalue weighted by atomic mass is 10.1. The van der Waals surface area contributed by atoms with Crippen LogP contribution in [0, 0.1) is 5.82 Å². The van der Waals surface area contributed by atoms with E-state index in [0.717, 1.165) is 6.07 Å². The van der Waals surface area contributed by atoms with Gasteiger partial charge in [-0.3, -0.25) is 9.59 Å². The minimum Gasteiger partial charge on any atom is -0.325 e. The first-order valence-corrected chi connectivity index (χ1v) is 5.65. The Kier molecular flexibility index (Phi) is 3.67. The Hall–Kier alpha value is -2.45. The smallest absolute Gasteiger partial charge is 0.325 e. The monoisotopic (exact) mass is 305 g/mol. The van der Waals surface area contributed by atoms with Gasteiger partial charge in [-0.05, 0) is 18.2 Å². The van der Waals surface area contributed by atoms with Crippen molar-refractivity contribution in [2.45, 2.75) is 19.0 Å². The lowest BCUT2D eigenvalue weighted by Crippen LogP contribution is -2.32. The second-order valence-electron chi connectivity index (χ2n) is 4.15. The van der Waals surface area contributed by atoms with Crippen molar-refractivity contribution in [1.29, 1.82) is 0 Å². The molecule has 1 heterocycles. The molecule has 21 heavy (non-hydrogen) atoms. The van der Waals surface area contributed by atoms with Gasteiger partial charge in [-0.25, -0.2) is 9.18 Å². The first-order valence-electron chi connectivity index (χ1n) is 5.65. The summed E-state index contributed by atoms with van der Waals surface area (Å²) < 4.78 is 50.6. The molecule has 1 aliphatic heterocycles. The van der Waals surface area contributed by atoms with Gasteiger partial charge in [0.2, 0.25) is 0 Å². The predicted octanol–water partition coefficient (Wildman–Crippen LogP) is 2.07. The van der Waals surface area contributed by atoms with Gasteiger partial charge >= 0.3 is 12.1 Å². The molecule has 9 heteroatoms. The van der Waals surface area contributed by atoms with Crippen molar-refractivity contribution in [1.82, 2.24) is 5.06 Å². The maximum Gasteiger partial charge on any atom is 0.419 e. The summed E-state index contributed by atoms with van der Waals surface area (Å²) in [6.07, 6.45) is -5.29. The van der Waals surface area contributed by atoms with Gasteiger partial charge in [0.05, 0.1) is 11.1 Å². The number of rotatable bonds is 2. The highest BCUT2D eigenvalue weighted by Crippen LogP contribution is 2.32. The van der Waals surface area contributed by atoms with Crippen LogP contribution in [-0.4, -0.2) is 22.8 Å². The zero-order chi connectivity index (χ0) is 15.8. The maximum absolute atomic E-state index is 13.1. The zero-order valence-corrected chi connectivity index (χ0v) is 10.2. The number of amides is 2. The van der Waals surface area contributed by atoms with E-state index < -0.39 is 40.9 Å². The molecule has 2 rings (SSSR count). The minimum atomic E-state index is -4.99. The molecule has 1 saturated heterocycles. The fourth-order valence-electron chi connectivity index (χ4n) is 1.66. The standard InChI is InChI=1S/C12H7F4NO4/c13-8-2-1-6(5-7(8)12(14,15)16)11(20)21-17-9(18)3-4-10(17)19/h1-2,5H,3-4H2. The van der Waals surface area contributed by atoms with Crippen LogP contribution in [0.5, 0.6) is 0 Å². The second kappa shape index (κ2) is 5.15. The lowest BCUT2D eigenvalue weighted by molar-refractivity contribution is -0.172. The Morgan fingerprint density at radius 3 is 2.24 bits per heavy atom. The highest BCUT2D eigenvalue weighted by Gasteiger charge is 2.36. The largest absolute Gasteiger partial charge is 0.419 e. The third-order valence-electron chi connectivity index (χ3n) is 2.69. The molecule has 0 N–H and O–H groups in total. The first-order chi connectivity index (χ1) is 9.70. The summed E-state index contributed by atoms with van der Waals surface area (Å²) in [6.45, 7) is 0. The van der Waals surface area contributed by atoms with E-state index in [4.69, 9.17) is 0 Å². The van der Waals surface area contributed by atoms with Crippen LogP contribution in [0.2, 0.25) is 0 Å². The predicted molar refractivity (Wildman–Crippen MR) is 57.9 cm³/mol. The molecule has 1 aromatic carbocycles. The van der Waals surface area contributed by atoms with Gasteiger partial charge in [0.15, 0.2) is 0 Å². The van der Waals surface area contributed by atoms with Gasteiger partial charge in [-0.1, -0.05) is 0 Å². The summed E-state index contributed by atoms with van der Waals surface area (Å²) in [5, 5.41) is 0.193. The van der Waals surface area contributed by atoms with Gasteiger partial charge in [0.1, 0.15) is 5.82 Å². The molecular formula is C12H7F4NO4. The summed E-state index contributed by atoms with van der Waals surface area (Å²) in [5.74, 6) is -4.45. The zero-order valence-electron chi connectivity index (χ0n) is 10.2. The topological polar surface area (TPSA) is 63.7 Å². The van der Waals surface area contributed by atoms with Crippen molar-refractivity contribution in [3.05, 3.63) is 35.1 Å². The van der Waals surface area contributed by atoms with Crippen molar-refractivity contribution in [2.75, 3.05) is 0 Å². The van der Waals surface area contributed by atoms with Crippen LogP contribution >= 0.6 is 0 Å². The quantitative estimate of drug-likeness (QED) is 0.620. The average molecular weight is 305 g/mol. The summed E-state index contributed by atoms with van der Waals surface area (Å²) >= 11 is 0. The Morgan fingerprint density at radius 2 is 1.71 bits per heavy atom. The second-order valence-corrected chi connectivity index (χ2v) is 4.15. The fourth-order valence-corrected chi connectivity index (χ4v) is 1.66. The van der Waals surface area contributed by atoms with E-state index in [2.05, 4.69) is 4.84 Å². The van der Waals surface area contributed by atoms with Crippen LogP contribution in [-0.2, 0) is 20.6 Å². The number of benzene rings is 1. The van der Waals surface area contributed by atoms with Crippen LogP contribution in [0.4, 0.5) is 17.6 Å². The third-order valence-corrected chi connectivity index (χ3v) is 2.69. The van der Waals surface area contributed by atoms with E-state index >= 15 is 0 Å². The number of carbonyl (C=O) groups excluding carboxylic acids is 3. The first kappa shape index (κ1) is 14.9. The fraction of sp³-hybridized carbons (Fsp3) is 0.250. The van der Waals surface area contributed by atoms with Crippen LogP contribution in [0.15, 0.2) is 18.2 Å². The summed E-state index contributed by atoms with van der Waals surface area (Å²) in [4.78, 5) is 38.5. The number of hydrogen-bond donors (Lipinski definition) is 0. The van der Waals surface area contributed by atoms with Crippen LogP contribution in [0.3, 0.4) is 0 Å². The van der Waals surface area contributed by atoms with Gasteiger partial charge in [-0.2, -0.15) is 13.2 Å². The van der Waals surface area contributed by atoms with E-state index in [1.54, 1.807) is 0 Å². The van der Waals surface area contributed by atoms with E-state index in [1.165, 1.54) is 0 Å². The molecular weight excluding hydrogens is 298 g/mol.